The molecule has 2 aliphatic rings. The van der Waals surface area contributed by atoms with Crippen LogP contribution < -0.4 is 0 Å². The summed E-state index contributed by atoms with van der Waals surface area (Å²) in [6.07, 6.45) is 7.97. The fraction of sp³-hybridized carbons (Fsp3) is 0.941. The van der Waals surface area contributed by atoms with Crippen molar-refractivity contribution in [3.05, 3.63) is 0 Å². The van der Waals surface area contributed by atoms with E-state index in [0.29, 0.717) is 23.8 Å². The first kappa shape index (κ1) is 15.8. The lowest BCUT2D eigenvalue weighted by atomic mass is 9.68. The van der Waals surface area contributed by atoms with Gasteiger partial charge in [0.05, 0.1) is 0 Å². The summed E-state index contributed by atoms with van der Waals surface area (Å²) in [6.45, 7) is 9.29. The van der Waals surface area contributed by atoms with Crippen LogP contribution in [0.15, 0.2) is 0 Å². The van der Waals surface area contributed by atoms with Gasteiger partial charge in [-0.2, -0.15) is 0 Å². The Balaban J connectivity index is 2.02. The molecule has 1 aliphatic carbocycles. The van der Waals surface area contributed by atoms with E-state index in [1.807, 2.05) is 0 Å². The highest BCUT2D eigenvalue weighted by atomic mass is 16.4. The van der Waals surface area contributed by atoms with E-state index in [1.165, 1.54) is 38.6 Å². The molecule has 0 radical (unpaired) electrons. The lowest BCUT2D eigenvalue weighted by Gasteiger charge is -2.48. The number of piperidine rings is 1. The van der Waals surface area contributed by atoms with Crippen molar-refractivity contribution in [3.8, 4) is 0 Å². The van der Waals surface area contributed by atoms with Gasteiger partial charge in [-0.25, -0.2) is 0 Å². The predicted molar refractivity (Wildman–Crippen MR) is 81.8 cm³/mol. The molecule has 1 heterocycles. The minimum atomic E-state index is -0.632. The highest BCUT2D eigenvalue weighted by Crippen LogP contribution is 2.41. The van der Waals surface area contributed by atoms with E-state index in [0.717, 1.165) is 18.9 Å². The van der Waals surface area contributed by atoms with Crippen LogP contribution in [0.1, 0.15) is 65.7 Å². The van der Waals surface area contributed by atoms with Crippen molar-refractivity contribution in [3.63, 3.8) is 0 Å². The lowest BCUT2D eigenvalue weighted by molar-refractivity contribution is -0.138. The van der Waals surface area contributed by atoms with E-state index >= 15 is 0 Å². The monoisotopic (exact) mass is 281 g/mol. The molecule has 0 amide bonds. The Morgan fingerprint density at radius 1 is 1.15 bits per heavy atom. The average Bonchev–Trinajstić information content (AvgIpc) is 2.37. The molecule has 3 atom stereocenters. The Labute approximate surface area is 123 Å². The first-order valence-electron chi connectivity index (χ1n) is 8.34. The third-order valence-corrected chi connectivity index (χ3v) is 5.32. The van der Waals surface area contributed by atoms with Crippen molar-refractivity contribution >= 4 is 5.97 Å². The minimum Gasteiger partial charge on any atom is -0.481 e. The van der Waals surface area contributed by atoms with Crippen LogP contribution in [0, 0.1) is 17.3 Å². The van der Waals surface area contributed by atoms with Gasteiger partial charge in [-0.1, -0.05) is 33.6 Å². The quantitative estimate of drug-likeness (QED) is 0.856. The van der Waals surface area contributed by atoms with Gasteiger partial charge in [-0.15, -0.1) is 0 Å². The number of rotatable bonds is 3. The molecule has 3 unspecified atom stereocenters. The number of carbonyl (C=O) groups is 1. The van der Waals surface area contributed by atoms with E-state index in [1.54, 1.807) is 0 Å². The minimum absolute atomic E-state index is 0.351. The van der Waals surface area contributed by atoms with Crippen molar-refractivity contribution in [2.45, 2.75) is 71.8 Å². The molecule has 1 N–H and O–H groups in total. The molecular weight excluding hydrogens is 250 g/mol. The van der Waals surface area contributed by atoms with E-state index in [-0.39, 0.29) is 0 Å². The van der Waals surface area contributed by atoms with Crippen LogP contribution in [-0.4, -0.2) is 35.1 Å². The number of nitrogens with zero attached hydrogens (tertiary/aromatic N) is 1. The fourth-order valence-corrected chi connectivity index (χ4v) is 4.37. The molecule has 116 valence electrons. The van der Waals surface area contributed by atoms with Crippen molar-refractivity contribution in [1.82, 2.24) is 4.90 Å². The normalized spacial score (nSPS) is 33.0. The molecule has 0 bridgehead atoms. The Bertz CT molecular complexity index is 334. The maximum Gasteiger partial charge on any atom is 0.303 e. The summed E-state index contributed by atoms with van der Waals surface area (Å²) in [7, 11) is 0. The lowest BCUT2D eigenvalue weighted by Crippen LogP contribution is -2.50. The molecule has 0 spiro atoms. The van der Waals surface area contributed by atoms with Crippen molar-refractivity contribution < 1.29 is 9.90 Å². The molecule has 1 saturated carbocycles. The topological polar surface area (TPSA) is 40.5 Å². The van der Waals surface area contributed by atoms with Gasteiger partial charge in [0.1, 0.15) is 0 Å². The van der Waals surface area contributed by atoms with Crippen LogP contribution >= 0.6 is 0 Å². The second-order valence-electron chi connectivity index (χ2n) is 7.93. The Morgan fingerprint density at radius 3 is 2.50 bits per heavy atom. The van der Waals surface area contributed by atoms with Gasteiger partial charge in [-0.3, -0.25) is 9.69 Å². The van der Waals surface area contributed by atoms with Crippen LogP contribution in [0.5, 0.6) is 0 Å². The van der Waals surface area contributed by atoms with Crippen LogP contribution in [0.25, 0.3) is 0 Å². The molecular formula is C17H31NO2. The number of hydrogen-bond donors (Lipinski definition) is 1. The van der Waals surface area contributed by atoms with Crippen molar-refractivity contribution in [2.75, 3.05) is 13.1 Å². The van der Waals surface area contributed by atoms with Crippen molar-refractivity contribution in [1.29, 1.82) is 0 Å². The molecule has 0 aromatic carbocycles. The van der Waals surface area contributed by atoms with Crippen LogP contribution in [-0.2, 0) is 4.79 Å². The molecule has 3 heteroatoms. The standard InChI is InChI=1S/C17H31NO2/c1-17(2,3)14-8-4-5-9-15(14)18-10-6-7-13(12-18)11-16(19)20/h13-15H,4-12H2,1-3H3,(H,19,20). The molecule has 20 heavy (non-hydrogen) atoms. The predicted octanol–water partition coefficient (Wildman–Crippen LogP) is 3.78. The molecule has 2 fully saturated rings. The molecule has 1 aliphatic heterocycles. The maximum absolute atomic E-state index is 11.0. The zero-order valence-corrected chi connectivity index (χ0v) is 13.4. The first-order chi connectivity index (χ1) is 9.38. The maximum atomic E-state index is 11.0. The smallest absolute Gasteiger partial charge is 0.303 e. The highest BCUT2D eigenvalue weighted by molar-refractivity contribution is 5.67. The van der Waals surface area contributed by atoms with E-state index in [4.69, 9.17) is 5.11 Å². The van der Waals surface area contributed by atoms with Gasteiger partial charge in [0, 0.05) is 19.0 Å². The summed E-state index contributed by atoms with van der Waals surface area (Å²) in [5.74, 6) is 0.497. The van der Waals surface area contributed by atoms with Gasteiger partial charge in [-0.05, 0) is 49.5 Å². The van der Waals surface area contributed by atoms with Crippen molar-refractivity contribution in [2.24, 2.45) is 17.3 Å². The number of carboxylic acids is 1. The van der Waals surface area contributed by atoms with Crippen LogP contribution in [0.3, 0.4) is 0 Å². The summed E-state index contributed by atoms with van der Waals surface area (Å²) in [5, 5.41) is 9.03. The SMILES string of the molecule is CC(C)(C)C1CCCCC1N1CCCC(CC(=O)O)C1. The number of likely N-dealkylation sites (tertiary alicyclic amines) is 1. The second kappa shape index (κ2) is 6.46. The molecule has 0 aromatic heterocycles. The average molecular weight is 281 g/mol. The molecule has 0 aromatic rings. The number of hydrogen-bond acceptors (Lipinski definition) is 2. The Morgan fingerprint density at radius 2 is 1.85 bits per heavy atom. The van der Waals surface area contributed by atoms with Gasteiger partial charge in [0.2, 0.25) is 0 Å². The van der Waals surface area contributed by atoms with E-state index < -0.39 is 5.97 Å². The van der Waals surface area contributed by atoms with E-state index in [2.05, 4.69) is 25.7 Å². The second-order valence-corrected chi connectivity index (χ2v) is 7.93. The third-order valence-electron chi connectivity index (χ3n) is 5.32. The summed E-state index contributed by atoms with van der Waals surface area (Å²) < 4.78 is 0. The number of carboxylic acid groups (broad SMARTS) is 1. The van der Waals surface area contributed by atoms with Gasteiger partial charge >= 0.3 is 5.97 Å². The highest BCUT2D eigenvalue weighted by Gasteiger charge is 2.38. The van der Waals surface area contributed by atoms with E-state index in [9.17, 15) is 4.79 Å². The zero-order valence-electron chi connectivity index (χ0n) is 13.4. The molecule has 3 nitrogen and oxygen atoms in total. The Kier molecular flexibility index (Phi) is 5.11. The zero-order chi connectivity index (χ0) is 14.8. The third kappa shape index (κ3) is 3.97. The first-order valence-corrected chi connectivity index (χ1v) is 8.34. The van der Waals surface area contributed by atoms with Crippen LogP contribution in [0.2, 0.25) is 0 Å². The summed E-state index contributed by atoms with van der Waals surface area (Å²) >= 11 is 0. The molecule has 1 saturated heterocycles. The molecule has 2 rings (SSSR count). The largest absolute Gasteiger partial charge is 0.481 e. The van der Waals surface area contributed by atoms with Gasteiger partial charge in [0.25, 0.3) is 0 Å². The van der Waals surface area contributed by atoms with Gasteiger partial charge < -0.3 is 5.11 Å². The van der Waals surface area contributed by atoms with Gasteiger partial charge in [0.15, 0.2) is 0 Å². The number of aliphatic carboxylic acids is 1. The Hall–Kier alpha value is -0.570. The summed E-state index contributed by atoms with van der Waals surface area (Å²) in [6, 6.07) is 0.681. The summed E-state index contributed by atoms with van der Waals surface area (Å²) in [4.78, 5) is 13.6. The van der Waals surface area contributed by atoms with Crippen LogP contribution in [0.4, 0.5) is 0 Å². The fourth-order valence-electron chi connectivity index (χ4n) is 4.37. The summed E-state index contributed by atoms with van der Waals surface area (Å²) in [5.41, 5.74) is 0.366.